The molecule has 0 spiro atoms. The van der Waals surface area contributed by atoms with Gasteiger partial charge in [0.1, 0.15) is 0 Å². The molecule has 2 atom stereocenters. The Kier molecular flexibility index (Phi) is 4.35. The van der Waals surface area contributed by atoms with E-state index in [0.717, 1.165) is 28.8 Å². The predicted molar refractivity (Wildman–Crippen MR) is 101 cm³/mol. The molecule has 1 aromatic rings. The van der Waals surface area contributed by atoms with Gasteiger partial charge >= 0.3 is 0 Å². The van der Waals surface area contributed by atoms with Crippen molar-refractivity contribution in [2.75, 3.05) is 29.0 Å². The summed E-state index contributed by atoms with van der Waals surface area (Å²) in [4.78, 5) is 6.83. The monoisotopic (exact) mass is 382 g/mol. The summed E-state index contributed by atoms with van der Waals surface area (Å²) in [6.07, 6.45) is 1.10. The SMILES string of the molecule is CC(C)CCSC1=N[C@H]2CS(=O)(=O)C[C@H]2N1c1ccc2c(c1)OCO2. The van der Waals surface area contributed by atoms with Gasteiger partial charge in [-0.25, -0.2) is 8.42 Å². The molecule has 6 nitrogen and oxygen atoms in total. The zero-order chi connectivity index (χ0) is 17.6. The number of hydrogen-bond acceptors (Lipinski definition) is 7. The number of nitrogens with zero attached hydrogens (tertiary/aromatic N) is 2. The Morgan fingerprint density at radius 2 is 2.08 bits per heavy atom. The first-order chi connectivity index (χ1) is 11.9. The van der Waals surface area contributed by atoms with Gasteiger partial charge in [-0.05, 0) is 24.5 Å². The normalized spacial score (nSPS) is 26.2. The molecule has 0 bridgehead atoms. The molecule has 3 aliphatic rings. The van der Waals surface area contributed by atoms with Gasteiger partial charge in [-0.1, -0.05) is 25.6 Å². The van der Waals surface area contributed by atoms with E-state index in [4.69, 9.17) is 14.5 Å². The van der Waals surface area contributed by atoms with Crippen molar-refractivity contribution in [3.8, 4) is 11.5 Å². The van der Waals surface area contributed by atoms with Gasteiger partial charge in [0, 0.05) is 17.5 Å². The van der Waals surface area contributed by atoms with E-state index in [2.05, 4.69) is 18.7 Å². The first-order valence-corrected chi connectivity index (χ1v) is 11.3. The van der Waals surface area contributed by atoms with E-state index in [1.165, 1.54) is 0 Å². The molecular formula is C17H22N2O4S2. The highest BCUT2D eigenvalue weighted by molar-refractivity contribution is 8.14. The van der Waals surface area contributed by atoms with E-state index in [1.54, 1.807) is 11.8 Å². The lowest BCUT2D eigenvalue weighted by atomic mass is 10.1. The Bertz CT molecular complexity index is 807. The average Bonchev–Trinajstić information content (AvgIpc) is 3.17. The van der Waals surface area contributed by atoms with Crippen molar-refractivity contribution in [3.63, 3.8) is 0 Å². The molecule has 0 saturated carbocycles. The number of thioether (sulfide) groups is 1. The van der Waals surface area contributed by atoms with Gasteiger partial charge in [0.15, 0.2) is 26.5 Å². The summed E-state index contributed by atoms with van der Waals surface area (Å²) in [5.41, 5.74) is 0.921. The fraction of sp³-hybridized carbons (Fsp3) is 0.588. The van der Waals surface area contributed by atoms with Gasteiger partial charge in [-0.2, -0.15) is 0 Å². The number of aliphatic imine (C=N–C) groups is 1. The molecule has 8 heteroatoms. The molecule has 0 amide bonds. The summed E-state index contributed by atoms with van der Waals surface area (Å²) >= 11 is 1.71. The molecule has 0 N–H and O–H groups in total. The zero-order valence-corrected chi connectivity index (χ0v) is 16.0. The lowest BCUT2D eigenvalue weighted by molar-refractivity contribution is 0.174. The van der Waals surface area contributed by atoms with E-state index in [0.29, 0.717) is 11.7 Å². The Morgan fingerprint density at radius 1 is 1.28 bits per heavy atom. The molecule has 25 heavy (non-hydrogen) atoms. The first kappa shape index (κ1) is 17.0. The summed E-state index contributed by atoms with van der Waals surface area (Å²) in [7, 11) is -3.03. The number of amidine groups is 1. The van der Waals surface area contributed by atoms with Crippen molar-refractivity contribution in [2.45, 2.75) is 32.4 Å². The van der Waals surface area contributed by atoms with E-state index < -0.39 is 9.84 Å². The third-order valence-corrected chi connectivity index (χ3v) is 7.37. The second kappa shape index (κ2) is 6.39. The molecule has 3 aliphatic heterocycles. The highest BCUT2D eigenvalue weighted by Gasteiger charge is 2.47. The quantitative estimate of drug-likeness (QED) is 0.797. The molecular weight excluding hydrogens is 360 g/mol. The van der Waals surface area contributed by atoms with Crippen LogP contribution in [-0.4, -0.2) is 49.7 Å². The van der Waals surface area contributed by atoms with E-state index in [9.17, 15) is 8.42 Å². The van der Waals surface area contributed by atoms with Crippen LogP contribution < -0.4 is 14.4 Å². The number of benzene rings is 1. The van der Waals surface area contributed by atoms with Crippen LogP contribution in [0.1, 0.15) is 20.3 Å². The number of sulfone groups is 1. The zero-order valence-electron chi connectivity index (χ0n) is 14.3. The van der Waals surface area contributed by atoms with E-state index in [1.807, 2.05) is 18.2 Å². The maximum absolute atomic E-state index is 12.1. The van der Waals surface area contributed by atoms with Crippen molar-refractivity contribution < 1.29 is 17.9 Å². The topological polar surface area (TPSA) is 68.2 Å². The van der Waals surface area contributed by atoms with Crippen molar-refractivity contribution >= 4 is 32.5 Å². The number of fused-ring (bicyclic) bond motifs is 2. The highest BCUT2D eigenvalue weighted by Crippen LogP contribution is 2.40. The average molecular weight is 383 g/mol. The van der Waals surface area contributed by atoms with E-state index >= 15 is 0 Å². The number of rotatable bonds is 4. The number of anilines is 1. The van der Waals surface area contributed by atoms with Crippen LogP contribution in [0, 0.1) is 5.92 Å². The fourth-order valence-electron chi connectivity index (χ4n) is 3.36. The van der Waals surface area contributed by atoms with Gasteiger partial charge < -0.3 is 14.4 Å². The van der Waals surface area contributed by atoms with Crippen LogP contribution >= 0.6 is 11.8 Å². The third-order valence-electron chi connectivity index (χ3n) is 4.67. The summed E-state index contributed by atoms with van der Waals surface area (Å²) in [5.74, 6) is 3.34. The summed E-state index contributed by atoms with van der Waals surface area (Å²) in [6.45, 7) is 4.63. The molecule has 1 fully saturated rings. The maximum atomic E-state index is 12.1. The van der Waals surface area contributed by atoms with Crippen molar-refractivity contribution in [3.05, 3.63) is 18.2 Å². The van der Waals surface area contributed by atoms with Gasteiger partial charge in [-0.3, -0.25) is 4.99 Å². The van der Waals surface area contributed by atoms with Crippen LogP contribution in [0.15, 0.2) is 23.2 Å². The molecule has 0 aliphatic carbocycles. The summed E-state index contributed by atoms with van der Waals surface area (Å²) in [6, 6.07) is 5.47. The molecule has 4 rings (SSSR count). The second-order valence-electron chi connectivity index (χ2n) is 7.06. The van der Waals surface area contributed by atoms with Crippen LogP contribution in [0.2, 0.25) is 0 Å². The minimum atomic E-state index is -3.03. The predicted octanol–water partition coefficient (Wildman–Crippen LogP) is 2.54. The van der Waals surface area contributed by atoms with Crippen LogP contribution in [0.5, 0.6) is 11.5 Å². The lowest BCUT2D eigenvalue weighted by Crippen LogP contribution is -2.39. The molecule has 0 unspecified atom stereocenters. The smallest absolute Gasteiger partial charge is 0.231 e. The summed E-state index contributed by atoms with van der Waals surface area (Å²) in [5, 5.41) is 0.921. The Labute approximate surface area is 152 Å². The number of hydrogen-bond donors (Lipinski definition) is 0. The third kappa shape index (κ3) is 3.33. The molecule has 3 heterocycles. The van der Waals surface area contributed by atoms with Gasteiger partial charge in [0.2, 0.25) is 6.79 Å². The Morgan fingerprint density at radius 3 is 2.88 bits per heavy atom. The van der Waals surface area contributed by atoms with Gasteiger partial charge in [-0.15, -0.1) is 0 Å². The Hall–Kier alpha value is -1.41. The van der Waals surface area contributed by atoms with Crippen molar-refractivity contribution in [1.82, 2.24) is 0 Å². The van der Waals surface area contributed by atoms with Crippen LogP contribution in [0.4, 0.5) is 5.69 Å². The molecule has 136 valence electrons. The summed E-state index contributed by atoms with van der Waals surface area (Å²) < 4.78 is 35.0. The van der Waals surface area contributed by atoms with E-state index in [-0.39, 0.29) is 30.4 Å². The van der Waals surface area contributed by atoms with Crippen molar-refractivity contribution in [2.24, 2.45) is 10.9 Å². The fourth-order valence-corrected chi connectivity index (χ4v) is 6.56. The standard InChI is InChI=1S/C17H22N2O4S2/c1-11(2)5-6-24-17-18-13-8-25(20,21)9-14(13)19(17)12-3-4-15-16(7-12)23-10-22-15/h3-4,7,11,13-14H,5-6,8-10H2,1-2H3/t13-,14+/m0/s1. The van der Waals surface area contributed by atoms with Crippen LogP contribution in [0.3, 0.4) is 0 Å². The maximum Gasteiger partial charge on any atom is 0.231 e. The van der Waals surface area contributed by atoms with Gasteiger partial charge in [0.25, 0.3) is 0 Å². The van der Waals surface area contributed by atoms with Crippen LogP contribution in [-0.2, 0) is 9.84 Å². The molecule has 0 aromatic heterocycles. The molecule has 1 saturated heterocycles. The molecule has 1 aromatic carbocycles. The van der Waals surface area contributed by atoms with Gasteiger partial charge in [0.05, 0.1) is 23.6 Å². The van der Waals surface area contributed by atoms with Crippen molar-refractivity contribution in [1.29, 1.82) is 0 Å². The first-order valence-electron chi connectivity index (χ1n) is 8.53. The van der Waals surface area contributed by atoms with Crippen LogP contribution in [0.25, 0.3) is 0 Å². The largest absolute Gasteiger partial charge is 0.454 e. The Balaban J connectivity index is 1.62. The minimum Gasteiger partial charge on any atom is -0.454 e. The number of ether oxygens (including phenoxy) is 2. The molecule has 0 radical (unpaired) electrons. The second-order valence-corrected chi connectivity index (χ2v) is 10.3. The minimum absolute atomic E-state index is 0.119. The highest BCUT2D eigenvalue weighted by atomic mass is 32.2. The lowest BCUT2D eigenvalue weighted by Gasteiger charge is -2.26.